The van der Waals surface area contributed by atoms with Gasteiger partial charge in [0.25, 0.3) is 0 Å². The number of nitrogens with zero attached hydrogens (tertiary/aromatic N) is 4. The van der Waals surface area contributed by atoms with Crippen LogP contribution in [0.25, 0.3) is 0 Å². The van der Waals surface area contributed by atoms with Gasteiger partial charge in [-0.3, -0.25) is 14.4 Å². The number of aliphatic hydroxyl groups excluding tert-OH is 3. The van der Waals surface area contributed by atoms with Crippen molar-refractivity contribution < 1.29 is 146 Å². The van der Waals surface area contributed by atoms with Gasteiger partial charge >= 0.3 is 36.8 Å². The molecule has 6 rings (SSSR count). The summed E-state index contributed by atoms with van der Waals surface area (Å²) >= 11 is 0. The molecule has 0 unspecified atom stereocenters. The summed E-state index contributed by atoms with van der Waals surface area (Å²) in [6.07, 6.45) is -13.0. The molecule has 33 heteroatoms. The predicted octanol–water partition coefficient (Wildman–Crippen LogP) is 1.95. The van der Waals surface area contributed by atoms with E-state index in [1.807, 2.05) is 114 Å². The monoisotopic (exact) mass is 1680 g/mol. The first kappa shape index (κ1) is 109. The van der Waals surface area contributed by atoms with E-state index in [0.717, 1.165) is 0 Å². The second kappa shape index (κ2) is 47.0. The molecule has 0 aromatic heterocycles. The SMILES string of the molecule is CC[C@H]1OC(=O)[C@H](C)[C@@H](O[C@H]2C[C@@](C)(OC)[C@@H](O)[C@H](C)O2)[C@H](C)[C@@H](O[C@@H]2O[C@H](C)C[C@H](N(C)C)[C@H]2OCCCN)[C@](C)(O)C[C@@H](C)CN(C)[C@H](C)[C@@H](O)[C@]1(C)O.CC[C@H]1OC(=O)[C@H](C)[C@@H](O[C@H]2C[C@@](C)(OC)[C@@H](OC(C)=O)[C@H](C)O2)[C@H](C)[C@@H](O[C@@H]2O[C@H](C)C[C@H](N(C)C)[C@H]2OCCCN)[C@](C)(O)C[C@@H](C)CN(C)[C@H](C)[C@@H](O)[C@]1(C)O.[Li+].[OH-]. The van der Waals surface area contributed by atoms with E-state index in [9.17, 15) is 50.1 Å². The number of methoxy groups -OCH3 is 2. The second-order valence-electron chi connectivity index (χ2n) is 36.9. The summed E-state index contributed by atoms with van der Waals surface area (Å²) in [5.41, 5.74) is 2.97. The van der Waals surface area contributed by atoms with Crippen LogP contribution in [0, 0.1) is 35.5 Å². The number of likely N-dealkylation sites (N-methyl/N-ethyl adjacent to an activating group) is 4. The van der Waals surface area contributed by atoms with Crippen LogP contribution < -0.4 is 30.3 Å². The van der Waals surface area contributed by atoms with Crippen LogP contribution in [0.4, 0.5) is 0 Å². The molecule has 0 radical (unpaired) electrons. The zero-order chi connectivity index (χ0) is 87.3. The fourth-order valence-corrected chi connectivity index (χ4v) is 18.8. The van der Waals surface area contributed by atoms with Gasteiger partial charge in [-0.05, 0) is 216 Å². The van der Waals surface area contributed by atoms with Crippen LogP contribution >= 0.6 is 0 Å². The Morgan fingerprint density at radius 2 is 0.872 bits per heavy atom. The van der Waals surface area contributed by atoms with Gasteiger partial charge in [0.05, 0.1) is 77.5 Å². The van der Waals surface area contributed by atoms with Gasteiger partial charge in [0, 0.05) is 96.3 Å². The Morgan fingerprint density at radius 1 is 0.521 bits per heavy atom. The molecule has 117 heavy (non-hydrogen) atoms. The first-order valence-corrected chi connectivity index (χ1v) is 42.5. The molecule has 684 valence electrons. The molecule has 6 heterocycles. The maximum absolute atomic E-state index is 14.5. The van der Waals surface area contributed by atoms with E-state index < -0.39 is 198 Å². The number of aliphatic hydroxyl groups is 7. The van der Waals surface area contributed by atoms with Crippen LogP contribution in [0.3, 0.4) is 0 Å². The van der Waals surface area contributed by atoms with Gasteiger partial charge < -0.3 is 143 Å². The number of carbonyl (C=O) groups is 3. The van der Waals surface area contributed by atoms with E-state index in [-0.39, 0.29) is 99.0 Å². The number of hydrogen-bond donors (Lipinski definition) is 9. The molecule has 36 atom stereocenters. The predicted molar refractivity (Wildman–Crippen MR) is 435 cm³/mol. The van der Waals surface area contributed by atoms with E-state index in [2.05, 4.69) is 9.80 Å². The van der Waals surface area contributed by atoms with Gasteiger partial charge in [-0.15, -0.1) is 0 Å². The first-order chi connectivity index (χ1) is 53.3. The normalized spacial score (nSPS) is 45.2. The van der Waals surface area contributed by atoms with E-state index in [1.165, 1.54) is 35.0 Å². The third kappa shape index (κ3) is 28.0. The van der Waals surface area contributed by atoms with Gasteiger partial charge in [-0.25, -0.2) is 0 Å². The molecule has 0 saturated carbocycles. The zero-order valence-electron chi connectivity index (χ0n) is 77.0. The van der Waals surface area contributed by atoms with Gasteiger partial charge in [-0.2, -0.15) is 0 Å². The van der Waals surface area contributed by atoms with Crippen molar-refractivity contribution >= 4 is 17.9 Å². The van der Waals surface area contributed by atoms with Crippen molar-refractivity contribution in [2.24, 2.45) is 47.0 Å². The summed E-state index contributed by atoms with van der Waals surface area (Å²) in [7, 11) is 14.7. The molecule has 0 aliphatic carbocycles. The Kier molecular flexibility index (Phi) is 43.8. The maximum atomic E-state index is 14.5. The molecule has 6 aliphatic rings. The molecule has 6 aliphatic heterocycles. The smallest absolute Gasteiger partial charge is 0.870 e. The van der Waals surface area contributed by atoms with E-state index in [0.29, 0.717) is 65.1 Å². The van der Waals surface area contributed by atoms with Crippen molar-refractivity contribution in [2.75, 3.05) is 95.9 Å². The molecule has 0 amide bonds. The molecule has 32 nitrogen and oxygen atoms in total. The Bertz CT molecular complexity index is 2920. The number of ether oxygens (including phenoxy) is 15. The minimum Gasteiger partial charge on any atom is -0.870 e. The van der Waals surface area contributed by atoms with Crippen LogP contribution in [0.1, 0.15) is 210 Å². The summed E-state index contributed by atoms with van der Waals surface area (Å²) in [5.74, 6) is -5.57. The third-order valence-electron chi connectivity index (χ3n) is 25.9. The summed E-state index contributed by atoms with van der Waals surface area (Å²) in [5, 5.41) is 83.4. The third-order valence-corrected chi connectivity index (χ3v) is 25.9. The van der Waals surface area contributed by atoms with Crippen LogP contribution in [0.5, 0.6) is 0 Å². The van der Waals surface area contributed by atoms with E-state index in [4.69, 9.17) is 82.5 Å². The molecule has 0 bridgehead atoms. The first-order valence-electron chi connectivity index (χ1n) is 42.5. The number of rotatable bonds is 23. The van der Waals surface area contributed by atoms with Crippen LogP contribution in [0.15, 0.2) is 0 Å². The van der Waals surface area contributed by atoms with Crippen LogP contribution in [-0.2, 0) is 85.4 Å². The van der Waals surface area contributed by atoms with Crippen molar-refractivity contribution in [3.63, 3.8) is 0 Å². The molecule has 0 aromatic carbocycles. The van der Waals surface area contributed by atoms with Gasteiger partial charge in [-0.1, -0.05) is 41.5 Å². The minimum atomic E-state index is -1.81. The largest absolute Gasteiger partial charge is 1.00 e. The number of nitrogens with two attached hydrogens (primary N) is 2. The van der Waals surface area contributed by atoms with Crippen molar-refractivity contribution in [1.29, 1.82) is 0 Å². The molecule has 6 saturated heterocycles. The number of hydrogen-bond acceptors (Lipinski definition) is 32. The standard InChI is InChI=1S/C43H81N3O13.C41H79N3O12.Li.H2O/c1-16-32-43(11,51)36(48)28(6)46(14)23-24(2)21-41(9,50)37(59-40-35(53-19-17-18-44)31(45(12)13)20-25(3)54-40)26(4)34(27(5)39(49)57-32)58-33-22-42(10,52-15)38(29(7)55-33)56-30(8)47;1-15-30-41(10,49)34(45)27(6)44(13)22-23(2)20-39(8,48)36(56-38-33(51-18-16-17-42)29(43(11)12)19-24(3)52-38)25(4)32(26(5)37(47)54-30)55-31-21-40(9,50-14)35(46)28(7)53-31;;/h24-29,31-38,40,48,50-51H,16-23,44H2,1-15H3;23-36,38,45-46,48-49H,15-22,42H2,1-14H3;;1H2/q;;+1;/p-1/t24-,25-,26+,27-,28-,29+,31+,32-,33+,34+,35-,36-,37-,38+,40+,41-,42-,43-;23-,24-,25+,26-,27-,28+,29+,30-,31+,32+,33-,34-,35+,36-,38+,39-,40-,41-;;/m11../s1. The number of esters is 3. The zero-order valence-corrected chi connectivity index (χ0v) is 77.0. The molecular weight excluding hydrogens is 1520 g/mol. The molecular formula is C84H161LiN6O26. The topological polar surface area (TPSA) is 426 Å². The van der Waals surface area contributed by atoms with Crippen molar-refractivity contribution in [2.45, 2.75) is 390 Å². The van der Waals surface area contributed by atoms with Crippen molar-refractivity contribution in [3.05, 3.63) is 0 Å². The average Bonchev–Trinajstić information content (AvgIpc) is 1.67. The van der Waals surface area contributed by atoms with Gasteiger partial charge in [0.2, 0.25) is 0 Å². The van der Waals surface area contributed by atoms with Gasteiger partial charge in [0.15, 0.2) is 31.3 Å². The summed E-state index contributed by atoms with van der Waals surface area (Å²) in [6, 6.07) is -1.23. The average molecular weight is 1680 g/mol. The van der Waals surface area contributed by atoms with Crippen molar-refractivity contribution in [3.8, 4) is 0 Å². The summed E-state index contributed by atoms with van der Waals surface area (Å²) < 4.78 is 96.0. The minimum absolute atomic E-state index is 0. The van der Waals surface area contributed by atoms with E-state index in [1.54, 1.807) is 62.3 Å². The maximum Gasteiger partial charge on any atom is 1.00 e. The molecule has 0 spiro atoms. The van der Waals surface area contributed by atoms with Crippen molar-refractivity contribution in [1.82, 2.24) is 19.6 Å². The number of carbonyl (C=O) groups excluding carboxylic acids is 3. The summed E-state index contributed by atoms with van der Waals surface area (Å²) in [6.45, 7) is 39.8. The van der Waals surface area contributed by atoms with Crippen LogP contribution in [-0.4, -0.2) is 355 Å². The molecule has 12 N–H and O–H groups in total. The summed E-state index contributed by atoms with van der Waals surface area (Å²) in [4.78, 5) is 49.0. The molecule has 0 aromatic rings. The fraction of sp³-hybridized carbons (Fsp3) is 0.964. The Hall–Kier alpha value is -2.03. The molecule has 6 fully saturated rings. The Labute approximate surface area is 712 Å². The fourth-order valence-electron chi connectivity index (χ4n) is 18.8. The van der Waals surface area contributed by atoms with Crippen LogP contribution in [0.2, 0.25) is 0 Å². The second-order valence-corrected chi connectivity index (χ2v) is 36.9. The Morgan fingerprint density at radius 3 is 1.20 bits per heavy atom. The van der Waals surface area contributed by atoms with Gasteiger partial charge in [0.1, 0.15) is 59.5 Å². The quantitative estimate of drug-likeness (QED) is 0.0305. The van der Waals surface area contributed by atoms with E-state index >= 15 is 0 Å². The number of cyclic esters (lactones) is 2. The Balaban J connectivity index is 0.000000596.